The first-order valence-electron chi connectivity index (χ1n) is 8.28. The number of H-pyrrole nitrogens is 1. The molecule has 0 saturated carbocycles. The van der Waals surface area contributed by atoms with Crippen LogP contribution < -0.4 is 11.1 Å². The molecule has 3 rings (SSSR count). The van der Waals surface area contributed by atoms with E-state index >= 15 is 0 Å². The minimum Gasteiger partial charge on any atom is -0.364 e. The van der Waals surface area contributed by atoms with Crippen LogP contribution in [-0.4, -0.2) is 35.5 Å². The van der Waals surface area contributed by atoms with Gasteiger partial charge in [0.05, 0.1) is 21.4 Å². The topological polar surface area (TPSA) is 135 Å². The molecule has 0 unspecified atom stereocenters. The van der Waals surface area contributed by atoms with Crippen molar-refractivity contribution >= 4 is 38.1 Å². The largest absolute Gasteiger partial charge is 0.364 e. The van der Waals surface area contributed by atoms with Crippen LogP contribution >= 0.6 is 11.3 Å². The van der Waals surface area contributed by atoms with Gasteiger partial charge in [0, 0.05) is 17.1 Å². The predicted molar refractivity (Wildman–Crippen MR) is 107 cm³/mol. The molecule has 0 aliphatic rings. The Morgan fingerprint density at radius 2 is 1.96 bits per heavy atom. The molecule has 2 amide bonds. The molecule has 3 aromatic rings. The number of primary amides is 1. The SMILES string of the molecule is CC(C)S(=O)(=O)c1ccccc1C(=O)Nc1nc(-c2c[nH]c(C(N)=O)c2)cs1. The highest BCUT2D eigenvalue weighted by Gasteiger charge is 2.25. The van der Waals surface area contributed by atoms with Crippen molar-refractivity contribution in [3.8, 4) is 11.3 Å². The fourth-order valence-corrected chi connectivity index (χ4v) is 4.43. The van der Waals surface area contributed by atoms with E-state index in [-0.39, 0.29) is 16.2 Å². The molecule has 2 aromatic heterocycles. The fraction of sp³-hybridized carbons (Fsp3) is 0.167. The number of anilines is 1. The van der Waals surface area contributed by atoms with Crippen LogP contribution in [0.25, 0.3) is 11.3 Å². The number of hydrogen-bond donors (Lipinski definition) is 3. The highest BCUT2D eigenvalue weighted by molar-refractivity contribution is 7.92. The Kier molecular flexibility index (Phi) is 5.34. The number of carbonyl (C=O) groups is 2. The van der Waals surface area contributed by atoms with Crippen molar-refractivity contribution in [2.24, 2.45) is 5.73 Å². The second-order valence-corrected chi connectivity index (χ2v) is 9.58. The highest BCUT2D eigenvalue weighted by Crippen LogP contribution is 2.27. The summed E-state index contributed by atoms with van der Waals surface area (Å²) in [6.07, 6.45) is 1.59. The Bertz CT molecular complexity index is 1150. The molecule has 2 heterocycles. The average Bonchev–Trinajstić information content (AvgIpc) is 3.30. The zero-order valence-corrected chi connectivity index (χ0v) is 16.7. The molecule has 0 aliphatic carbocycles. The molecule has 8 nitrogen and oxygen atoms in total. The third kappa shape index (κ3) is 3.82. The number of nitrogens with two attached hydrogens (primary N) is 1. The maximum Gasteiger partial charge on any atom is 0.265 e. The Morgan fingerprint density at radius 3 is 2.61 bits per heavy atom. The molecule has 28 heavy (non-hydrogen) atoms. The molecule has 0 bridgehead atoms. The van der Waals surface area contributed by atoms with Gasteiger partial charge in [-0.15, -0.1) is 11.3 Å². The Labute approximate surface area is 165 Å². The van der Waals surface area contributed by atoms with Crippen LogP contribution in [0.2, 0.25) is 0 Å². The van der Waals surface area contributed by atoms with E-state index < -0.39 is 26.9 Å². The van der Waals surface area contributed by atoms with Crippen LogP contribution in [-0.2, 0) is 9.84 Å². The first-order chi connectivity index (χ1) is 13.2. The van der Waals surface area contributed by atoms with Crippen molar-refractivity contribution < 1.29 is 18.0 Å². The molecule has 10 heteroatoms. The molecule has 0 radical (unpaired) electrons. The number of rotatable bonds is 6. The molecule has 1 aromatic carbocycles. The number of aromatic nitrogens is 2. The van der Waals surface area contributed by atoms with E-state index in [0.29, 0.717) is 16.4 Å². The van der Waals surface area contributed by atoms with Gasteiger partial charge in [0.15, 0.2) is 15.0 Å². The third-order valence-electron chi connectivity index (χ3n) is 4.03. The second kappa shape index (κ2) is 7.56. The van der Waals surface area contributed by atoms with E-state index in [9.17, 15) is 18.0 Å². The lowest BCUT2D eigenvalue weighted by Gasteiger charge is -2.12. The number of aromatic amines is 1. The first kappa shape index (κ1) is 19.8. The lowest BCUT2D eigenvalue weighted by Crippen LogP contribution is -2.20. The minimum absolute atomic E-state index is 0.0176. The number of thiazole rings is 1. The van der Waals surface area contributed by atoms with Gasteiger partial charge in [-0.05, 0) is 32.0 Å². The summed E-state index contributed by atoms with van der Waals surface area (Å²) >= 11 is 1.18. The van der Waals surface area contributed by atoms with Crippen LogP contribution in [0.15, 0.2) is 46.8 Å². The van der Waals surface area contributed by atoms with Crippen LogP contribution in [0.1, 0.15) is 34.7 Å². The molecule has 0 fully saturated rings. The van der Waals surface area contributed by atoms with E-state index in [1.54, 1.807) is 43.6 Å². The molecular weight excluding hydrogens is 400 g/mol. The standard InChI is InChI=1S/C18H18N4O4S2/c1-10(2)28(25,26)15-6-4-3-5-12(15)17(24)22-18-21-14(9-27-18)11-7-13(16(19)23)20-8-11/h3-10,20H,1-2H3,(H2,19,23)(H,21,22,24). The van der Waals surface area contributed by atoms with Crippen molar-refractivity contribution in [1.29, 1.82) is 0 Å². The summed E-state index contributed by atoms with van der Waals surface area (Å²) in [5.41, 5.74) is 6.72. The number of hydrogen-bond acceptors (Lipinski definition) is 6. The van der Waals surface area contributed by atoms with Crippen molar-refractivity contribution in [3.63, 3.8) is 0 Å². The van der Waals surface area contributed by atoms with Crippen molar-refractivity contribution in [2.45, 2.75) is 24.0 Å². The van der Waals surface area contributed by atoms with Crippen molar-refractivity contribution in [2.75, 3.05) is 5.32 Å². The third-order valence-corrected chi connectivity index (χ3v) is 7.00. The van der Waals surface area contributed by atoms with Gasteiger partial charge < -0.3 is 10.7 Å². The maximum absolute atomic E-state index is 12.7. The molecule has 0 aliphatic heterocycles. The summed E-state index contributed by atoms with van der Waals surface area (Å²) in [6, 6.07) is 7.63. The number of nitrogens with one attached hydrogen (secondary N) is 2. The summed E-state index contributed by atoms with van der Waals surface area (Å²) in [4.78, 5) is 30.9. The van der Waals surface area contributed by atoms with E-state index in [0.717, 1.165) is 0 Å². The quantitative estimate of drug-likeness (QED) is 0.565. The van der Waals surface area contributed by atoms with Crippen molar-refractivity contribution in [1.82, 2.24) is 9.97 Å². The van der Waals surface area contributed by atoms with Gasteiger partial charge in [0.1, 0.15) is 5.69 Å². The van der Waals surface area contributed by atoms with E-state index in [1.165, 1.54) is 23.5 Å². The summed E-state index contributed by atoms with van der Waals surface area (Å²) in [5, 5.41) is 3.99. The summed E-state index contributed by atoms with van der Waals surface area (Å²) in [7, 11) is -3.61. The van der Waals surface area contributed by atoms with Crippen LogP contribution in [0.4, 0.5) is 5.13 Å². The molecule has 0 atom stereocenters. The van der Waals surface area contributed by atoms with Gasteiger partial charge in [0.2, 0.25) is 0 Å². The maximum atomic E-state index is 12.7. The van der Waals surface area contributed by atoms with Crippen LogP contribution in [0, 0.1) is 0 Å². The lowest BCUT2D eigenvalue weighted by molar-refractivity contribution is 0.0993. The van der Waals surface area contributed by atoms with Crippen LogP contribution in [0.5, 0.6) is 0 Å². The fourth-order valence-electron chi connectivity index (χ4n) is 2.47. The Morgan fingerprint density at radius 1 is 1.25 bits per heavy atom. The number of amides is 2. The van der Waals surface area contributed by atoms with Gasteiger partial charge in [-0.2, -0.15) is 0 Å². The minimum atomic E-state index is -3.61. The number of carbonyl (C=O) groups excluding carboxylic acids is 2. The van der Waals surface area contributed by atoms with Gasteiger partial charge in [0.25, 0.3) is 11.8 Å². The van der Waals surface area contributed by atoms with Crippen LogP contribution in [0.3, 0.4) is 0 Å². The Hall–Kier alpha value is -2.98. The summed E-state index contributed by atoms with van der Waals surface area (Å²) in [5.74, 6) is -1.15. The van der Waals surface area contributed by atoms with E-state index in [4.69, 9.17) is 5.73 Å². The normalized spacial score (nSPS) is 11.5. The monoisotopic (exact) mass is 418 g/mol. The van der Waals surface area contributed by atoms with E-state index in [2.05, 4.69) is 15.3 Å². The summed E-state index contributed by atoms with van der Waals surface area (Å²) < 4.78 is 25.0. The Balaban J connectivity index is 1.85. The number of sulfone groups is 1. The second-order valence-electron chi connectivity index (χ2n) is 6.25. The number of benzene rings is 1. The van der Waals surface area contributed by atoms with E-state index in [1.807, 2.05) is 0 Å². The molecule has 0 spiro atoms. The average molecular weight is 419 g/mol. The zero-order valence-electron chi connectivity index (χ0n) is 15.1. The molecule has 146 valence electrons. The predicted octanol–water partition coefficient (Wildman–Crippen LogP) is 2.67. The first-order valence-corrected chi connectivity index (χ1v) is 10.7. The van der Waals surface area contributed by atoms with Gasteiger partial charge in [-0.25, -0.2) is 13.4 Å². The smallest absolute Gasteiger partial charge is 0.265 e. The lowest BCUT2D eigenvalue weighted by atomic mass is 10.2. The molecule has 4 N–H and O–H groups in total. The zero-order chi connectivity index (χ0) is 20.5. The summed E-state index contributed by atoms with van der Waals surface area (Å²) in [6.45, 7) is 3.13. The molecule has 0 saturated heterocycles. The van der Waals surface area contributed by atoms with Gasteiger partial charge >= 0.3 is 0 Å². The molecular formula is C18H18N4O4S2. The van der Waals surface area contributed by atoms with Crippen molar-refractivity contribution in [3.05, 3.63) is 53.2 Å². The highest BCUT2D eigenvalue weighted by atomic mass is 32.2. The number of nitrogens with zero attached hydrogens (tertiary/aromatic N) is 1. The van der Waals surface area contributed by atoms with Gasteiger partial charge in [-0.3, -0.25) is 14.9 Å². The van der Waals surface area contributed by atoms with Gasteiger partial charge in [-0.1, -0.05) is 12.1 Å².